The number of aliphatic hydroxyl groups excluding tert-OH is 1. The second kappa shape index (κ2) is 6.33. The second-order valence-corrected chi connectivity index (χ2v) is 7.21. The minimum absolute atomic E-state index is 0.121. The van der Waals surface area contributed by atoms with E-state index in [2.05, 4.69) is 6.92 Å². The van der Waals surface area contributed by atoms with Crippen LogP contribution >= 0.6 is 0 Å². The molecule has 2 atom stereocenters. The molecule has 2 unspecified atom stereocenters. The van der Waals surface area contributed by atoms with Gasteiger partial charge in [0.25, 0.3) is 0 Å². The lowest BCUT2D eigenvalue weighted by atomic mass is 9.74. The first-order valence-corrected chi connectivity index (χ1v) is 8.64. The van der Waals surface area contributed by atoms with E-state index in [0.29, 0.717) is 17.9 Å². The van der Waals surface area contributed by atoms with Gasteiger partial charge in [-0.25, -0.2) is 0 Å². The predicted octanol–water partition coefficient (Wildman–Crippen LogP) is 3.29. The lowest BCUT2D eigenvalue weighted by Crippen LogP contribution is -2.42. The summed E-state index contributed by atoms with van der Waals surface area (Å²) in [5.74, 6) is 1.15. The zero-order chi connectivity index (χ0) is 14.0. The van der Waals surface area contributed by atoms with Gasteiger partial charge >= 0.3 is 0 Å². The minimum Gasteiger partial charge on any atom is -0.393 e. The highest BCUT2D eigenvalue weighted by molar-refractivity contribution is 4.94. The van der Waals surface area contributed by atoms with E-state index in [9.17, 15) is 5.11 Å². The molecule has 1 saturated heterocycles. The quantitative estimate of drug-likeness (QED) is 0.841. The van der Waals surface area contributed by atoms with Crippen LogP contribution in [0.25, 0.3) is 0 Å². The van der Waals surface area contributed by atoms with Gasteiger partial charge < -0.3 is 14.6 Å². The number of hydrogen-bond acceptors (Lipinski definition) is 3. The SMILES string of the molecule is CCOC1CC(CC(O)C2CCOC3(CCCC3)C2)C1. The Balaban J connectivity index is 1.44. The Morgan fingerprint density at radius 1 is 1.30 bits per heavy atom. The lowest BCUT2D eigenvalue weighted by Gasteiger charge is -2.42. The Morgan fingerprint density at radius 2 is 2.05 bits per heavy atom. The highest BCUT2D eigenvalue weighted by atomic mass is 16.5. The largest absolute Gasteiger partial charge is 0.393 e. The fourth-order valence-corrected chi connectivity index (χ4v) is 4.53. The van der Waals surface area contributed by atoms with Crippen LogP contribution in [0.5, 0.6) is 0 Å². The summed E-state index contributed by atoms with van der Waals surface area (Å²) in [5.41, 5.74) is 0.136. The van der Waals surface area contributed by atoms with E-state index in [1.165, 1.54) is 25.7 Å². The molecule has 3 heteroatoms. The first kappa shape index (κ1) is 14.8. The molecule has 3 rings (SSSR count). The molecule has 1 N–H and O–H groups in total. The number of aliphatic hydroxyl groups is 1. The maximum atomic E-state index is 10.6. The highest BCUT2D eigenvalue weighted by Gasteiger charge is 2.42. The van der Waals surface area contributed by atoms with Gasteiger partial charge in [0.05, 0.1) is 17.8 Å². The number of ether oxygens (including phenoxy) is 2. The third kappa shape index (κ3) is 3.20. The van der Waals surface area contributed by atoms with Gasteiger partial charge in [0.15, 0.2) is 0 Å². The maximum Gasteiger partial charge on any atom is 0.0686 e. The first-order valence-electron chi connectivity index (χ1n) is 8.64. The standard InChI is InChI=1S/C17H30O3/c1-2-19-15-9-13(10-15)11-16(18)14-5-8-20-17(12-14)6-3-4-7-17/h13-16,18H,2-12H2,1H3. The van der Waals surface area contributed by atoms with Crippen LogP contribution < -0.4 is 0 Å². The van der Waals surface area contributed by atoms with Crippen molar-refractivity contribution in [2.75, 3.05) is 13.2 Å². The molecule has 3 aliphatic rings. The normalized spacial score (nSPS) is 37.8. The Labute approximate surface area is 123 Å². The Hall–Kier alpha value is -0.120. The van der Waals surface area contributed by atoms with Gasteiger partial charge in [-0.15, -0.1) is 0 Å². The Kier molecular flexibility index (Phi) is 4.68. The molecule has 116 valence electrons. The molecule has 0 aromatic heterocycles. The fourth-order valence-electron chi connectivity index (χ4n) is 4.53. The van der Waals surface area contributed by atoms with Crippen LogP contribution in [-0.2, 0) is 9.47 Å². The van der Waals surface area contributed by atoms with Crippen LogP contribution in [0.4, 0.5) is 0 Å². The van der Waals surface area contributed by atoms with Crippen LogP contribution in [-0.4, -0.2) is 36.1 Å². The van der Waals surface area contributed by atoms with Crippen molar-refractivity contribution in [3.8, 4) is 0 Å². The predicted molar refractivity (Wildman–Crippen MR) is 78.6 cm³/mol. The summed E-state index contributed by atoms with van der Waals surface area (Å²) in [6, 6.07) is 0. The molecule has 0 amide bonds. The molecule has 0 aromatic rings. The van der Waals surface area contributed by atoms with Crippen LogP contribution in [0, 0.1) is 11.8 Å². The van der Waals surface area contributed by atoms with E-state index in [4.69, 9.17) is 9.47 Å². The Morgan fingerprint density at radius 3 is 2.75 bits per heavy atom. The highest BCUT2D eigenvalue weighted by Crippen LogP contribution is 2.44. The van der Waals surface area contributed by atoms with E-state index < -0.39 is 0 Å². The molecule has 3 fully saturated rings. The number of hydrogen-bond donors (Lipinski definition) is 1. The summed E-state index contributed by atoms with van der Waals surface area (Å²) in [7, 11) is 0. The van der Waals surface area contributed by atoms with Crippen molar-refractivity contribution in [2.45, 2.75) is 82.5 Å². The van der Waals surface area contributed by atoms with Crippen molar-refractivity contribution in [1.82, 2.24) is 0 Å². The minimum atomic E-state index is -0.121. The summed E-state index contributed by atoms with van der Waals surface area (Å²) >= 11 is 0. The third-order valence-corrected chi connectivity index (χ3v) is 5.76. The van der Waals surface area contributed by atoms with Crippen LogP contribution in [0.1, 0.15) is 64.7 Å². The van der Waals surface area contributed by atoms with Gasteiger partial charge in [-0.05, 0) is 63.7 Å². The van der Waals surface area contributed by atoms with Gasteiger partial charge in [-0.2, -0.15) is 0 Å². The molecule has 3 nitrogen and oxygen atoms in total. The van der Waals surface area contributed by atoms with E-state index in [-0.39, 0.29) is 11.7 Å². The van der Waals surface area contributed by atoms with Gasteiger partial charge in [-0.3, -0.25) is 0 Å². The molecular weight excluding hydrogens is 252 g/mol. The lowest BCUT2D eigenvalue weighted by molar-refractivity contribution is -0.119. The van der Waals surface area contributed by atoms with Gasteiger partial charge in [-0.1, -0.05) is 12.8 Å². The molecule has 20 heavy (non-hydrogen) atoms. The molecule has 0 aromatic carbocycles. The van der Waals surface area contributed by atoms with Crippen molar-refractivity contribution < 1.29 is 14.6 Å². The van der Waals surface area contributed by atoms with Gasteiger partial charge in [0, 0.05) is 13.2 Å². The summed E-state index contributed by atoms with van der Waals surface area (Å²) in [6.45, 7) is 3.74. The van der Waals surface area contributed by atoms with Crippen molar-refractivity contribution >= 4 is 0 Å². The van der Waals surface area contributed by atoms with E-state index in [0.717, 1.165) is 45.3 Å². The van der Waals surface area contributed by atoms with Gasteiger partial charge in [0.1, 0.15) is 0 Å². The molecule has 1 heterocycles. The molecule has 0 bridgehead atoms. The van der Waals surface area contributed by atoms with Crippen molar-refractivity contribution in [2.24, 2.45) is 11.8 Å². The third-order valence-electron chi connectivity index (χ3n) is 5.76. The van der Waals surface area contributed by atoms with Crippen molar-refractivity contribution in [3.05, 3.63) is 0 Å². The van der Waals surface area contributed by atoms with Crippen molar-refractivity contribution in [1.29, 1.82) is 0 Å². The molecule has 2 aliphatic carbocycles. The second-order valence-electron chi connectivity index (χ2n) is 7.21. The zero-order valence-electron chi connectivity index (χ0n) is 12.9. The summed E-state index contributed by atoms with van der Waals surface area (Å²) in [4.78, 5) is 0. The zero-order valence-corrected chi connectivity index (χ0v) is 12.9. The molecule has 0 radical (unpaired) electrons. The van der Waals surface area contributed by atoms with Gasteiger partial charge in [0.2, 0.25) is 0 Å². The molecule has 2 saturated carbocycles. The van der Waals surface area contributed by atoms with E-state index in [1.807, 2.05) is 0 Å². The summed E-state index contributed by atoms with van der Waals surface area (Å²) in [5, 5.41) is 10.6. The molecule has 1 spiro atoms. The monoisotopic (exact) mass is 282 g/mol. The number of rotatable bonds is 5. The average Bonchev–Trinajstić information content (AvgIpc) is 2.84. The van der Waals surface area contributed by atoms with Crippen LogP contribution in [0.3, 0.4) is 0 Å². The fraction of sp³-hybridized carbons (Fsp3) is 1.00. The maximum absolute atomic E-state index is 10.6. The topological polar surface area (TPSA) is 38.7 Å². The van der Waals surface area contributed by atoms with Crippen LogP contribution in [0.15, 0.2) is 0 Å². The Bertz CT molecular complexity index is 305. The summed E-state index contributed by atoms with van der Waals surface area (Å²) in [6.07, 6.45) is 10.8. The van der Waals surface area contributed by atoms with Crippen LogP contribution in [0.2, 0.25) is 0 Å². The van der Waals surface area contributed by atoms with E-state index in [1.54, 1.807) is 0 Å². The average molecular weight is 282 g/mol. The molecular formula is C17H30O3. The van der Waals surface area contributed by atoms with E-state index >= 15 is 0 Å². The summed E-state index contributed by atoms with van der Waals surface area (Å²) < 4.78 is 11.7. The first-order chi connectivity index (χ1) is 9.71. The van der Waals surface area contributed by atoms with Crippen molar-refractivity contribution in [3.63, 3.8) is 0 Å². The smallest absolute Gasteiger partial charge is 0.0686 e. The molecule has 1 aliphatic heterocycles.